The number of benzene rings is 2. The van der Waals surface area contributed by atoms with E-state index in [0.717, 1.165) is 5.69 Å². The Balaban J connectivity index is 1.72. The van der Waals surface area contributed by atoms with E-state index in [1.165, 1.54) is 19.2 Å². The molecule has 1 heterocycles. The molecule has 0 aliphatic carbocycles. The van der Waals surface area contributed by atoms with Gasteiger partial charge >= 0.3 is 5.97 Å². The summed E-state index contributed by atoms with van der Waals surface area (Å²) in [6.45, 7) is 0. The molecule has 0 saturated heterocycles. The van der Waals surface area contributed by atoms with Crippen molar-refractivity contribution in [3.8, 4) is 0 Å². The number of rotatable bonds is 5. The molecule has 3 aromatic rings. The van der Waals surface area contributed by atoms with Gasteiger partial charge < -0.3 is 15.4 Å². The van der Waals surface area contributed by atoms with Gasteiger partial charge in [-0.2, -0.15) is 4.98 Å². The summed E-state index contributed by atoms with van der Waals surface area (Å²) in [7, 11) is 1.34. The maximum Gasteiger partial charge on any atom is 0.337 e. The zero-order valence-corrected chi connectivity index (χ0v) is 13.4. The Labute approximate surface area is 143 Å². The standard InChI is InChI=1S/C18H15FN4O2/c1-25-17(24)12-5-7-14(8-6-12)21-16-9-10-20-18(23-16)22-15-4-2-3-13(19)11-15/h2-11H,1H3,(H2,20,21,22,23). The Hall–Kier alpha value is -3.48. The van der Waals surface area contributed by atoms with Crippen molar-refractivity contribution in [2.75, 3.05) is 17.7 Å². The highest BCUT2D eigenvalue weighted by Crippen LogP contribution is 2.18. The summed E-state index contributed by atoms with van der Waals surface area (Å²) >= 11 is 0. The topological polar surface area (TPSA) is 76.1 Å². The molecule has 6 nitrogen and oxygen atoms in total. The minimum Gasteiger partial charge on any atom is -0.465 e. The van der Waals surface area contributed by atoms with Crippen molar-refractivity contribution >= 4 is 29.1 Å². The molecule has 0 aliphatic rings. The van der Waals surface area contributed by atoms with E-state index in [1.54, 1.807) is 48.7 Å². The molecule has 2 aromatic carbocycles. The quantitative estimate of drug-likeness (QED) is 0.687. The Morgan fingerprint density at radius 1 is 1.04 bits per heavy atom. The highest BCUT2D eigenvalue weighted by Gasteiger charge is 2.05. The molecule has 126 valence electrons. The smallest absolute Gasteiger partial charge is 0.337 e. The summed E-state index contributed by atoms with van der Waals surface area (Å²) in [5, 5.41) is 6.05. The molecule has 0 unspecified atom stereocenters. The SMILES string of the molecule is COC(=O)c1ccc(Nc2ccnc(Nc3cccc(F)c3)n2)cc1. The lowest BCUT2D eigenvalue weighted by molar-refractivity contribution is 0.0601. The lowest BCUT2D eigenvalue weighted by atomic mass is 10.2. The molecule has 1 aromatic heterocycles. The summed E-state index contributed by atoms with van der Waals surface area (Å²) in [5.41, 5.74) is 1.77. The van der Waals surface area contributed by atoms with E-state index >= 15 is 0 Å². The number of halogens is 1. The lowest BCUT2D eigenvalue weighted by Gasteiger charge is -2.09. The lowest BCUT2D eigenvalue weighted by Crippen LogP contribution is -2.02. The van der Waals surface area contributed by atoms with E-state index in [4.69, 9.17) is 0 Å². The first-order chi connectivity index (χ1) is 12.1. The summed E-state index contributed by atoms with van der Waals surface area (Å²) in [4.78, 5) is 19.9. The minimum atomic E-state index is -0.393. The van der Waals surface area contributed by atoms with Crippen LogP contribution < -0.4 is 10.6 Å². The molecule has 0 aliphatic heterocycles. The number of hydrogen-bond acceptors (Lipinski definition) is 6. The average molecular weight is 338 g/mol. The zero-order valence-electron chi connectivity index (χ0n) is 13.4. The summed E-state index contributed by atoms with van der Waals surface area (Å²) in [6, 6.07) is 14.5. The Morgan fingerprint density at radius 3 is 2.56 bits per heavy atom. The van der Waals surface area contributed by atoms with Crippen molar-refractivity contribution in [3.05, 3.63) is 72.2 Å². The fraction of sp³-hybridized carbons (Fsp3) is 0.0556. The number of methoxy groups -OCH3 is 1. The molecule has 0 saturated carbocycles. The van der Waals surface area contributed by atoms with Crippen molar-refractivity contribution in [1.29, 1.82) is 0 Å². The number of ether oxygens (including phenoxy) is 1. The van der Waals surface area contributed by atoms with Crippen LogP contribution in [0.15, 0.2) is 60.8 Å². The van der Waals surface area contributed by atoms with Crippen molar-refractivity contribution in [2.45, 2.75) is 0 Å². The van der Waals surface area contributed by atoms with Crippen LogP contribution in [0, 0.1) is 5.82 Å². The summed E-state index contributed by atoms with van der Waals surface area (Å²) in [5.74, 6) is 0.154. The third kappa shape index (κ3) is 4.29. The van der Waals surface area contributed by atoms with Gasteiger partial charge in [0.2, 0.25) is 5.95 Å². The molecule has 0 amide bonds. The van der Waals surface area contributed by atoms with E-state index in [1.807, 2.05) is 0 Å². The maximum atomic E-state index is 13.2. The largest absolute Gasteiger partial charge is 0.465 e. The van der Waals surface area contributed by atoms with Gasteiger partial charge in [-0.1, -0.05) is 6.07 Å². The number of esters is 1. The van der Waals surface area contributed by atoms with Crippen LogP contribution in [0.2, 0.25) is 0 Å². The third-order valence-corrected chi connectivity index (χ3v) is 3.31. The zero-order chi connectivity index (χ0) is 17.6. The van der Waals surface area contributed by atoms with Crippen LogP contribution in [0.25, 0.3) is 0 Å². The molecular weight excluding hydrogens is 323 g/mol. The predicted molar refractivity (Wildman–Crippen MR) is 92.8 cm³/mol. The van der Waals surface area contributed by atoms with Crippen molar-refractivity contribution < 1.29 is 13.9 Å². The number of hydrogen-bond donors (Lipinski definition) is 2. The Morgan fingerprint density at radius 2 is 1.84 bits per heavy atom. The second kappa shape index (κ2) is 7.39. The van der Waals surface area contributed by atoms with Crippen LogP contribution in [-0.2, 0) is 4.74 Å². The number of aromatic nitrogens is 2. The fourth-order valence-electron chi connectivity index (χ4n) is 2.14. The van der Waals surface area contributed by atoms with Gasteiger partial charge in [0, 0.05) is 17.6 Å². The molecular formula is C18H15FN4O2. The van der Waals surface area contributed by atoms with Crippen LogP contribution >= 0.6 is 0 Å². The van der Waals surface area contributed by atoms with Gasteiger partial charge in [-0.25, -0.2) is 14.2 Å². The highest BCUT2D eigenvalue weighted by molar-refractivity contribution is 5.89. The fourth-order valence-corrected chi connectivity index (χ4v) is 2.14. The van der Waals surface area contributed by atoms with Crippen molar-refractivity contribution in [2.24, 2.45) is 0 Å². The summed E-state index contributed by atoms with van der Waals surface area (Å²) < 4.78 is 17.9. The number of carbonyl (C=O) groups excluding carboxylic acids is 1. The molecule has 0 spiro atoms. The van der Waals surface area contributed by atoms with Crippen molar-refractivity contribution in [1.82, 2.24) is 9.97 Å². The van der Waals surface area contributed by atoms with Crippen LogP contribution in [0.4, 0.5) is 27.5 Å². The predicted octanol–water partition coefficient (Wildman–Crippen LogP) is 3.89. The summed E-state index contributed by atoms with van der Waals surface area (Å²) in [6.07, 6.45) is 1.58. The van der Waals surface area contributed by atoms with Gasteiger partial charge in [0.1, 0.15) is 11.6 Å². The van der Waals surface area contributed by atoms with Gasteiger partial charge in [0.05, 0.1) is 12.7 Å². The minimum absolute atomic E-state index is 0.335. The second-order valence-corrected chi connectivity index (χ2v) is 5.09. The van der Waals surface area contributed by atoms with Crippen LogP contribution in [0.5, 0.6) is 0 Å². The highest BCUT2D eigenvalue weighted by atomic mass is 19.1. The third-order valence-electron chi connectivity index (χ3n) is 3.31. The van der Waals surface area contributed by atoms with E-state index in [0.29, 0.717) is 23.0 Å². The number of anilines is 4. The normalized spacial score (nSPS) is 10.2. The molecule has 0 bridgehead atoms. The number of nitrogens with zero attached hydrogens (tertiary/aromatic N) is 2. The van der Waals surface area contributed by atoms with Crippen LogP contribution in [0.1, 0.15) is 10.4 Å². The molecule has 25 heavy (non-hydrogen) atoms. The first-order valence-electron chi connectivity index (χ1n) is 7.45. The van der Waals surface area contributed by atoms with E-state index in [9.17, 15) is 9.18 Å². The first kappa shape index (κ1) is 16.4. The van der Waals surface area contributed by atoms with Gasteiger partial charge in [-0.3, -0.25) is 0 Å². The van der Waals surface area contributed by atoms with Crippen molar-refractivity contribution in [3.63, 3.8) is 0 Å². The molecule has 0 atom stereocenters. The molecule has 2 N–H and O–H groups in total. The first-order valence-corrected chi connectivity index (χ1v) is 7.45. The monoisotopic (exact) mass is 338 g/mol. The molecule has 7 heteroatoms. The van der Waals surface area contributed by atoms with Gasteiger partial charge in [-0.15, -0.1) is 0 Å². The van der Waals surface area contributed by atoms with Crippen LogP contribution in [-0.4, -0.2) is 23.0 Å². The maximum absolute atomic E-state index is 13.2. The Kier molecular flexibility index (Phi) is 4.84. The van der Waals surface area contributed by atoms with Gasteiger partial charge in [0.25, 0.3) is 0 Å². The van der Waals surface area contributed by atoms with E-state index in [2.05, 4.69) is 25.3 Å². The molecule has 0 fully saturated rings. The Bertz CT molecular complexity index is 884. The van der Waals surface area contributed by atoms with Gasteiger partial charge in [0.15, 0.2) is 0 Å². The molecule has 3 rings (SSSR count). The molecule has 0 radical (unpaired) electrons. The van der Waals surface area contributed by atoms with E-state index < -0.39 is 5.97 Å². The average Bonchev–Trinajstić information content (AvgIpc) is 2.62. The van der Waals surface area contributed by atoms with Gasteiger partial charge in [-0.05, 0) is 48.5 Å². The second-order valence-electron chi connectivity index (χ2n) is 5.09. The number of carbonyl (C=O) groups is 1. The number of nitrogens with one attached hydrogen (secondary N) is 2. The van der Waals surface area contributed by atoms with Crippen LogP contribution in [0.3, 0.4) is 0 Å². The van der Waals surface area contributed by atoms with E-state index in [-0.39, 0.29) is 5.82 Å².